The fraction of sp³-hybridized carbons (Fsp3) is 0.556. The number of H-pyrrole nitrogens is 1. The van der Waals surface area contributed by atoms with E-state index in [1.807, 2.05) is 26.0 Å². The van der Waals surface area contributed by atoms with Crippen LogP contribution in [-0.4, -0.2) is 10.6 Å². The Morgan fingerprint density at radius 1 is 1.50 bits per heavy atom. The molecule has 0 amide bonds. The molecule has 0 aromatic carbocycles. The molecule has 0 aliphatic carbocycles. The van der Waals surface area contributed by atoms with Gasteiger partial charge in [0.2, 0.25) is 5.88 Å². The lowest BCUT2D eigenvalue weighted by Crippen LogP contribution is -2.24. The zero-order valence-electron chi connectivity index (χ0n) is 7.76. The van der Waals surface area contributed by atoms with Crippen LogP contribution in [0.2, 0.25) is 0 Å². The van der Waals surface area contributed by atoms with E-state index < -0.39 is 0 Å². The summed E-state index contributed by atoms with van der Waals surface area (Å²) in [5, 5.41) is 0. The van der Waals surface area contributed by atoms with Gasteiger partial charge in [-0.15, -0.1) is 0 Å². The number of rotatable bonds is 4. The maximum Gasteiger partial charge on any atom is 0.234 e. The van der Waals surface area contributed by atoms with E-state index in [9.17, 15) is 0 Å². The fourth-order valence-electron chi connectivity index (χ4n) is 0.582. The second-order valence-corrected chi connectivity index (χ2v) is 3.31. The SMILES string of the molecule is CCC(C)(C)OOc1ccc[nH]1. The van der Waals surface area contributed by atoms with E-state index in [1.165, 1.54) is 0 Å². The van der Waals surface area contributed by atoms with Gasteiger partial charge in [-0.05, 0) is 26.3 Å². The van der Waals surface area contributed by atoms with E-state index in [2.05, 4.69) is 11.9 Å². The molecule has 0 aliphatic heterocycles. The highest BCUT2D eigenvalue weighted by molar-refractivity contribution is 5.08. The van der Waals surface area contributed by atoms with E-state index in [-0.39, 0.29) is 5.60 Å². The summed E-state index contributed by atoms with van der Waals surface area (Å²) in [4.78, 5) is 13.1. The molecule has 3 heteroatoms. The predicted molar refractivity (Wildman–Crippen MR) is 46.9 cm³/mol. The lowest BCUT2D eigenvalue weighted by molar-refractivity contribution is -0.283. The minimum Gasteiger partial charge on any atom is -0.330 e. The van der Waals surface area contributed by atoms with Crippen molar-refractivity contribution in [2.45, 2.75) is 32.8 Å². The Morgan fingerprint density at radius 2 is 2.25 bits per heavy atom. The fourth-order valence-corrected chi connectivity index (χ4v) is 0.582. The summed E-state index contributed by atoms with van der Waals surface area (Å²) in [6.07, 6.45) is 2.70. The van der Waals surface area contributed by atoms with Crippen molar-refractivity contribution in [2.24, 2.45) is 0 Å². The number of nitrogens with one attached hydrogen (secondary N) is 1. The topological polar surface area (TPSA) is 34.2 Å². The lowest BCUT2D eigenvalue weighted by Gasteiger charge is -2.20. The van der Waals surface area contributed by atoms with Crippen LogP contribution in [0.15, 0.2) is 18.3 Å². The molecule has 0 unspecified atom stereocenters. The van der Waals surface area contributed by atoms with Crippen molar-refractivity contribution in [1.82, 2.24) is 4.98 Å². The smallest absolute Gasteiger partial charge is 0.234 e. The summed E-state index contributed by atoms with van der Waals surface area (Å²) in [6.45, 7) is 6.02. The molecule has 0 aliphatic rings. The van der Waals surface area contributed by atoms with E-state index in [1.54, 1.807) is 6.20 Å². The van der Waals surface area contributed by atoms with Gasteiger partial charge in [0, 0.05) is 12.3 Å². The third-order valence-corrected chi connectivity index (χ3v) is 1.78. The van der Waals surface area contributed by atoms with Gasteiger partial charge < -0.3 is 9.87 Å². The van der Waals surface area contributed by atoms with Crippen LogP contribution in [0.5, 0.6) is 5.88 Å². The van der Waals surface area contributed by atoms with Crippen molar-refractivity contribution < 1.29 is 9.78 Å². The lowest BCUT2D eigenvalue weighted by atomic mass is 10.1. The first-order chi connectivity index (χ1) is 5.64. The van der Waals surface area contributed by atoms with Gasteiger partial charge in [0.25, 0.3) is 0 Å². The Morgan fingerprint density at radius 3 is 2.75 bits per heavy atom. The first-order valence-electron chi connectivity index (χ1n) is 4.13. The molecule has 0 radical (unpaired) electrons. The molecule has 68 valence electrons. The molecule has 1 rings (SSSR count). The maximum absolute atomic E-state index is 5.19. The molecule has 1 aromatic heterocycles. The first kappa shape index (κ1) is 9.13. The van der Waals surface area contributed by atoms with Crippen LogP contribution in [0.4, 0.5) is 0 Å². The van der Waals surface area contributed by atoms with Crippen LogP contribution in [0.1, 0.15) is 27.2 Å². The predicted octanol–water partition coefficient (Wildman–Crippen LogP) is 2.51. The van der Waals surface area contributed by atoms with Crippen molar-refractivity contribution >= 4 is 0 Å². The summed E-state index contributed by atoms with van der Waals surface area (Å²) in [6, 6.07) is 3.67. The van der Waals surface area contributed by atoms with Gasteiger partial charge in [-0.1, -0.05) is 6.92 Å². The molecule has 0 spiro atoms. The highest BCUT2D eigenvalue weighted by Crippen LogP contribution is 2.16. The third kappa shape index (κ3) is 2.58. The summed E-state index contributed by atoms with van der Waals surface area (Å²) < 4.78 is 0. The molecule has 0 fully saturated rings. The van der Waals surface area contributed by atoms with Crippen LogP contribution in [-0.2, 0) is 4.89 Å². The van der Waals surface area contributed by atoms with Crippen molar-refractivity contribution in [2.75, 3.05) is 0 Å². The average molecular weight is 169 g/mol. The normalized spacial score (nSPS) is 11.6. The standard InChI is InChI=1S/C9H15NO2/c1-4-9(2,3)12-11-8-6-5-7-10-8/h5-7,10H,4H2,1-3H3. The Hall–Kier alpha value is -0.960. The molecule has 1 aromatic rings. The van der Waals surface area contributed by atoms with Crippen LogP contribution >= 0.6 is 0 Å². The second kappa shape index (κ2) is 3.63. The zero-order chi connectivity index (χ0) is 9.03. The minimum atomic E-state index is -0.231. The van der Waals surface area contributed by atoms with E-state index >= 15 is 0 Å². The third-order valence-electron chi connectivity index (χ3n) is 1.78. The Labute approximate surface area is 72.6 Å². The number of hydrogen-bond acceptors (Lipinski definition) is 2. The number of hydrogen-bond donors (Lipinski definition) is 1. The van der Waals surface area contributed by atoms with E-state index in [0.717, 1.165) is 6.42 Å². The number of aromatic nitrogens is 1. The Kier molecular flexibility index (Phi) is 2.76. The van der Waals surface area contributed by atoms with Gasteiger partial charge in [-0.3, -0.25) is 0 Å². The highest BCUT2D eigenvalue weighted by Gasteiger charge is 2.17. The van der Waals surface area contributed by atoms with E-state index in [0.29, 0.717) is 5.88 Å². The molecule has 0 saturated heterocycles. The quantitative estimate of drug-likeness (QED) is 0.555. The van der Waals surface area contributed by atoms with Crippen LogP contribution in [0.25, 0.3) is 0 Å². The molecule has 0 atom stereocenters. The van der Waals surface area contributed by atoms with Gasteiger partial charge >= 0.3 is 0 Å². The highest BCUT2D eigenvalue weighted by atomic mass is 17.2. The van der Waals surface area contributed by atoms with Crippen LogP contribution in [0.3, 0.4) is 0 Å². The minimum absolute atomic E-state index is 0.231. The van der Waals surface area contributed by atoms with Crippen molar-refractivity contribution in [3.63, 3.8) is 0 Å². The molecule has 0 saturated carbocycles. The monoisotopic (exact) mass is 169 g/mol. The van der Waals surface area contributed by atoms with Crippen molar-refractivity contribution in [3.05, 3.63) is 18.3 Å². The molecule has 12 heavy (non-hydrogen) atoms. The van der Waals surface area contributed by atoms with E-state index in [4.69, 9.17) is 9.78 Å². The Bertz CT molecular complexity index is 216. The zero-order valence-corrected chi connectivity index (χ0v) is 7.76. The maximum atomic E-state index is 5.19. The van der Waals surface area contributed by atoms with Gasteiger partial charge in [0.15, 0.2) is 0 Å². The summed E-state index contributed by atoms with van der Waals surface area (Å²) in [5.74, 6) is 0.636. The van der Waals surface area contributed by atoms with Crippen molar-refractivity contribution in [1.29, 1.82) is 0 Å². The largest absolute Gasteiger partial charge is 0.330 e. The van der Waals surface area contributed by atoms with Gasteiger partial charge in [0.05, 0.1) is 0 Å². The van der Waals surface area contributed by atoms with Gasteiger partial charge in [-0.2, -0.15) is 4.89 Å². The Balaban J connectivity index is 2.36. The van der Waals surface area contributed by atoms with Gasteiger partial charge in [-0.25, -0.2) is 0 Å². The molecule has 1 N–H and O–H groups in total. The second-order valence-electron chi connectivity index (χ2n) is 3.31. The molecule has 0 bridgehead atoms. The molecule has 3 nitrogen and oxygen atoms in total. The summed E-state index contributed by atoms with van der Waals surface area (Å²) in [7, 11) is 0. The van der Waals surface area contributed by atoms with Gasteiger partial charge in [0.1, 0.15) is 5.60 Å². The van der Waals surface area contributed by atoms with Crippen LogP contribution < -0.4 is 4.89 Å². The average Bonchev–Trinajstić information content (AvgIpc) is 2.53. The van der Waals surface area contributed by atoms with Crippen LogP contribution in [0, 0.1) is 0 Å². The number of aromatic amines is 1. The summed E-state index contributed by atoms with van der Waals surface area (Å²) in [5.41, 5.74) is -0.231. The molecular weight excluding hydrogens is 154 g/mol. The first-order valence-corrected chi connectivity index (χ1v) is 4.13. The molecule has 1 heterocycles. The summed E-state index contributed by atoms with van der Waals surface area (Å²) >= 11 is 0. The molecular formula is C9H15NO2. The van der Waals surface area contributed by atoms with Crippen molar-refractivity contribution in [3.8, 4) is 5.88 Å².